The summed E-state index contributed by atoms with van der Waals surface area (Å²) < 4.78 is 8.51. The lowest BCUT2D eigenvalue weighted by Gasteiger charge is -2.18. The van der Waals surface area contributed by atoms with Crippen molar-refractivity contribution in [3.63, 3.8) is 0 Å². The quantitative estimate of drug-likeness (QED) is 0.357. The van der Waals surface area contributed by atoms with Crippen molar-refractivity contribution in [1.82, 2.24) is 5.32 Å². The Morgan fingerprint density at radius 1 is 1.12 bits per heavy atom. The third-order valence-corrected chi connectivity index (χ3v) is 5.94. The predicted molar refractivity (Wildman–Crippen MR) is 126 cm³/mol. The number of nitrogens with one attached hydrogen (secondary N) is 1. The number of carboxylic acid groups (broad SMARTS) is 1. The van der Waals surface area contributed by atoms with Crippen LogP contribution in [0.3, 0.4) is 0 Å². The number of hydrogen-bond donors (Lipinski definition) is 3. The van der Waals surface area contributed by atoms with Crippen molar-refractivity contribution in [2.45, 2.75) is 32.4 Å². The number of halogens is 3. The maximum absolute atomic E-state index is 11.5. The van der Waals surface area contributed by atoms with Crippen molar-refractivity contribution in [2.24, 2.45) is 0 Å². The summed E-state index contributed by atoms with van der Waals surface area (Å²) in [5.74, 6) is 0.721. The number of carbonyl (C=O) groups is 1. The summed E-state index contributed by atoms with van der Waals surface area (Å²) in [7, 11) is 0. The topological polar surface area (TPSA) is 78.8 Å². The maximum atomic E-state index is 11.5. The van der Waals surface area contributed by atoms with Gasteiger partial charge >= 0.3 is 5.97 Å². The summed E-state index contributed by atoms with van der Waals surface area (Å²) >= 11 is 6.44. The third kappa shape index (κ3) is 6.09. The fourth-order valence-electron chi connectivity index (χ4n) is 2.35. The fraction of sp³-hybridized carbons (Fsp3) is 0.278. The monoisotopic (exact) mass is 693 g/mol. The zero-order valence-electron chi connectivity index (χ0n) is 14.1. The average molecular weight is 693 g/mol. The van der Waals surface area contributed by atoms with Gasteiger partial charge in [-0.3, -0.25) is 4.79 Å². The zero-order chi connectivity index (χ0) is 19.4. The van der Waals surface area contributed by atoms with Gasteiger partial charge in [0.1, 0.15) is 17.5 Å². The lowest BCUT2D eigenvalue weighted by Crippen LogP contribution is -2.42. The summed E-state index contributed by atoms with van der Waals surface area (Å²) in [6.45, 7) is 3.86. The second kappa shape index (κ2) is 9.73. The SMILES string of the molecule is CC(C)NC(Cc1cc(I)c(Oc2ccc(O)c(I)c2)c(I)c1)C(=O)O. The largest absolute Gasteiger partial charge is 0.507 e. The molecule has 8 heteroatoms. The molecule has 0 aliphatic rings. The minimum atomic E-state index is -0.859. The second-order valence-corrected chi connectivity index (χ2v) is 9.51. The molecule has 0 spiro atoms. The van der Waals surface area contributed by atoms with Crippen LogP contribution in [0.4, 0.5) is 0 Å². The van der Waals surface area contributed by atoms with E-state index in [0.717, 1.165) is 18.5 Å². The molecule has 1 atom stereocenters. The summed E-state index contributed by atoms with van der Waals surface area (Å²) in [5, 5.41) is 22.1. The van der Waals surface area contributed by atoms with Crippen LogP contribution in [0.15, 0.2) is 30.3 Å². The molecule has 0 fully saturated rings. The molecule has 140 valence electrons. The molecule has 3 N–H and O–H groups in total. The van der Waals surface area contributed by atoms with E-state index in [1.54, 1.807) is 18.2 Å². The number of phenolic OH excluding ortho intramolecular Hbond substituents is 1. The van der Waals surface area contributed by atoms with E-state index in [1.807, 2.05) is 48.6 Å². The Labute approximate surface area is 193 Å². The molecule has 0 aromatic heterocycles. The van der Waals surface area contributed by atoms with Crippen LogP contribution in [0.1, 0.15) is 19.4 Å². The number of phenols is 1. The smallest absolute Gasteiger partial charge is 0.321 e. The van der Waals surface area contributed by atoms with Crippen molar-refractivity contribution in [1.29, 1.82) is 0 Å². The summed E-state index contributed by atoms with van der Waals surface area (Å²) in [6.07, 6.45) is 0.400. The standard InChI is InChI=1S/C18H18I3NO4/c1-9(2)22-15(18(24)25)7-10-5-13(20)17(14(21)6-10)26-11-3-4-16(23)12(19)8-11/h3-6,8-9,15,22-23H,7H2,1-2H3,(H,24,25). The third-order valence-electron chi connectivity index (χ3n) is 3.47. The molecule has 0 amide bonds. The zero-order valence-corrected chi connectivity index (χ0v) is 20.6. The van der Waals surface area contributed by atoms with Crippen molar-refractivity contribution in [3.05, 3.63) is 46.6 Å². The van der Waals surface area contributed by atoms with Crippen LogP contribution >= 0.6 is 67.8 Å². The molecular weight excluding hydrogens is 675 g/mol. The van der Waals surface area contributed by atoms with Gasteiger partial charge in [-0.1, -0.05) is 13.8 Å². The van der Waals surface area contributed by atoms with Crippen molar-refractivity contribution in [2.75, 3.05) is 0 Å². The van der Waals surface area contributed by atoms with E-state index in [1.165, 1.54) is 0 Å². The van der Waals surface area contributed by atoms with E-state index >= 15 is 0 Å². The Morgan fingerprint density at radius 3 is 2.23 bits per heavy atom. The van der Waals surface area contributed by atoms with Gasteiger partial charge in [0.15, 0.2) is 5.75 Å². The van der Waals surface area contributed by atoms with E-state index in [0.29, 0.717) is 15.7 Å². The van der Waals surface area contributed by atoms with E-state index in [-0.39, 0.29) is 11.8 Å². The minimum absolute atomic E-state index is 0.0915. The first kappa shape index (κ1) is 22.0. The Bertz CT molecular complexity index is 788. The lowest BCUT2D eigenvalue weighted by atomic mass is 10.1. The Hall–Kier alpha value is -0.340. The van der Waals surface area contributed by atoms with Crippen LogP contribution in [-0.4, -0.2) is 28.3 Å². The highest BCUT2D eigenvalue weighted by molar-refractivity contribution is 14.1. The molecule has 0 saturated heterocycles. The molecule has 1 unspecified atom stereocenters. The Morgan fingerprint density at radius 2 is 1.73 bits per heavy atom. The molecule has 0 aliphatic carbocycles. The van der Waals surface area contributed by atoms with Gasteiger partial charge in [-0.05, 0) is 110 Å². The van der Waals surface area contributed by atoms with Gasteiger partial charge in [0.25, 0.3) is 0 Å². The molecule has 0 bridgehead atoms. The van der Waals surface area contributed by atoms with E-state index in [2.05, 4.69) is 50.5 Å². The van der Waals surface area contributed by atoms with E-state index < -0.39 is 12.0 Å². The molecule has 2 aromatic rings. The highest BCUT2D eigenvalue weighted by atomic mass is 127. The average Bonchev–Trinajstić information content (AvgIpc) is 2.53. The number of benzene rings is 2. The predicted octanol–water partition coefficient (Wildman–Crippen LogP) is 4.99. The summed E-state index contributed by atoms with van der Waals surface area (Å²) in [5.41, 5.74) is 0.937. The van der Waals surface area contributed by atoms with Crippen LogP contribution in [0.5, 0.6) is 17.2 Å². The molecule has 0 saturated carbocycles. The van der Waals surface area contributed by atoms with Crippen molar-refractivity contribution in [3.8, 4) is 17.2 Å². The maximum Gasteiger partial charge on any atom is 0.321 e. The van der Waals surface area contributed by atoms with Crippen LogP contribution in [0, 0.1) is 10.7 Å². The highest BCUT2D eigenvalue weighted by Crippen LogP contribution is 2.35. The fourth-order valence-corrected chi connectivity index (χ4v) is 4.96. The molecule has 2 rings (SSSR count). The van der Waals surface area contributed by atoms with Gasteiger partial charge in [-0.2, -0.15) is 0 Å². The molecule has 0 heterocycles. The molecule has 0 aliphatic heterocycles. The first-order valence-electron chi connectivity index (χ1n) is 7.80. The van der Waals surface area contributed by atoms with Crippen LogP contribution in [-0.2, 0) is 11.2 Å². The molecule has 0 radical (unpaired) electrons. The van der Waals surface area contributed by atoms with Gasteiger partial charge in [-0.15, -0.1) is 0 Å². The normalized spacial score (nSPS) is 12.2. The number of rotatable bonds is 7. The number of carboxylic acids is 1. The van der Waals surface area contributed by atoms with Gasteiger partial charge in [-0.25, -0.2) is 0 Å². The minimum Gasteiger partial charge on any atom is -0.507 e. The Balaban J connectivity index is 2.24. The second-order valence-electron chi connectivity index (χ2n) is 6.02. The highest BCUT2D eigenvalue weighted by Gasteiger charge is 2.20. The number of hydrogen-bond acceptors (Lipinski definition) is 4. The summed E-state index contributed by atoms with van der Waals surface area (Å²) in [6, 6.07) is 8.43. The van der Waals surface area contributed by atoms with Gasteiger partial charge in [0.2, 0.25) is 0 Å². The first-order chi connectivity index (χ1) is 12.2. The van der Waals surface area contributed by atoms with E-state index in [9.17, 15) is 15.0 Å². The van der Waals surface area contributed by atoms with Gasteiger partial charge < -0.3 is 20.3 Å². The van der Waals surface area contributed by atoms with Crippen LogP contribution in [0.25, 0.3) is 0 Å². The van der Waals surface area contributed by atoms with Gasteiger partial charge in [0, 0.05) is 6.04 Å². The Kier molecular flexibility index (Phi) is 8.22. The van der Waals surface area contributed by atoms with Crippen molar-refractivity contribution >= 4 is 73.7 Å². The molecule has 2 aromatic carbocycles. The van der Waals surface area contributed by atoms with Gasteiger partial charge in [0.05, 0.1) is 10.7 Å². The van der Waals surface area contributed by atoms with Crippen molar-refractivity contribution < 1.29 is 19.7 Å². The molecule has 5 nitrogen and oxygen atoms in total. The number of ether oxygens (including phenoxy) is 1. The number of aromatic hydroxyl groups is 1. The molecular formula is C18H18I3NO4. The molecule has 26 heavy (non-hydrogen) atoms. The lowest BCUT2D eigenvalue weighted by molar-refractivity contribution is -0.139. The number of aliphatic carboxylic acids is 1. The first-order valence-corrected chi connectivity index (χ1v) is 11.0. The van der Waals surface area contributed by atoms with Crippen LogP contribution < -0.4 is 10.1 Å². The summed E-state index contributed by atoms with van der Waals surface area (Å²) in [4.78, 5) is 11.5. The van der Waals surface area contributed by atoms with Crippen LogP contribution in [0.2, 0.25) is 0 Å². The van der Waals surface area contributed by atoms with E-state index in [4.69, 9.17) is 4.74 Å².